The zero-order valence-corrected chi connectivity index (χ0v) is 21.0. The number of carbonyl (C=O) groups excluding carboxylic acids is 1. The Kier molecular flexibility index (Phi) is 7.76. The molecular formula is C23H26Br2F2N2O2. The van der Waals surface area contributed by atoms with Gasteiger partial charge < -0.3 is 15.0 Å². The molecule has 2 aromatic carbocycles. The third-order valence-corrected chi connectivity index (χ3v) is 6.34. The number of fused-ring (bicyclic) bond motifs is 2. The molecule has 1 N–H and O–H groups in total. The third kappa shape index (κ3) is 6.05. The van der Waals surface area contributed by atoms with Gasteiger partial charge in [0, 0.05) is 24.2 Å². The van der Waals surface area contributed by atoms with Gasteiger partial charge in [-0.25, -0.2) is 13.6 Å². The van der Waals surface area contributed by atoms with Crippen LogP contribution in [0.5, 0.6) is 0 Å². The molecule has 2 heterocycles. The topological polar surface area (TPSA) is 41.6 Å². The van der Waals surface area contributed by atoms with Gasteiger partial charge in [0.05, 0.1) is 15.5 Å². The maximum atomic E-state index is 14.0. The molecular weight excluding hydrogens is 534 g/mol. The normalized spacial score (nSPS) is 15.4. The molecule has 4 rings (SSSR count). The first-order chi connectivity index (χ1) is 14.6. The number of benzene rings is 2. The standard InChI is InChI=1S/C14H17BrFNO2.C9H9BrFN/c1-14(2,3)19-13(18)17-7-6-9-4-5-11(15)12(16)10(9)8-17;10-8-2-1-6-3-4-12-5-7(6)9(8)11/h4-5H,6-8H2,1-3H3;1-2,12H,3-5H2. The van der Waals surface area contributed by atoms with Gasteiger partial charge in [0.15, 0.2) is 0 Å². The van der Waals surface area contributed by atoms with Gasteiger partial charge in [-0.2, -0.15) is 0 Å². The van der Waals surface area contributed by atoms with Crippen molar-refractivity contribution in [2.45, 2.75) is 52.3 Å². The molecule has 0 atom stereocenters. The van der Waals surface area contributed by atoms with Crippen LogP contribution in [0.15, 0.2) is 33.2 Å². The van der Waals surface area contributed by atoms with Gasteiger partial charge in [-0.05, 0) is 95.3 Å². The Morgan fingerprint density at radius 1 is 1.00 bits per heavy atom. The van der Waals surface area contributed by atoms with Crippen LogP contribution in [-0.4, -0.2) is 29.7 Å². The molecule has 0 unspecified atom stereocenters. The van der Waals surface area contributed by atoms with Crippen LogP contribution in [0.25, 0.3) is 0 Å². The van der Waals surface area contributed by atoms with E-state index in [-0.39, 0.29) is 18.2 Å². The predicted molar refractivity (Wildman–Crippen MR) is 124 cm³/mol. The average molecular weight is 560 g/mol. The summed E-state index contributed by atoms with van der Waals surface area (Å²) >= 11 is 6.34. The number of halogens is 4. The summed E-state index contributed by atoms with van der Waals surface area (Å²) in [5, 5.41) is 3.15. The summed E-state index contributed by atoms with van der Waals surface area (Å²) in [6.07, 6.45) is 1.19. The van der Waals surface area contributed by atoms with Crippen molar-refractivity contribution in [3.05, 3.63) is 67.1 Å². The highest BCUT2D eigenvalue weighted by atomic mass is 79.9. The summed E-state index contributed by atoms with van der Waals surface area (Å²) in [6, 6.07) is 7.37. The number of amides is 1. The van der Waals surface area contributed by atoms with Crippen molar-refractivity contribution < 1.29 is 18.3 Å². The van der Waals surface area contributed by atoms with Crippen molar-refractivity contribution in [1.29, 1.82) is 0 Å². The van der Waals surface area contributed by atoms with E-state index in [0.29, 0.717) is 34.0 Å². The maximum Gasteiger partial charge on any atom is 0.410 e. The molecule has 2 aliphatic heterocycles. The van der Waals surface area contributed by atoms with Gasteiger partial charge in [-0.1, -0.05) is 12.1 Å². The van der Waals surface area contributed by atoms with E-state index in [0.717, 1.165) is 29.7 Å². The SMILES string of the molecule is CC(C)(C)OC(=O)N1CCc2ccc(Br)c(F)c2C1.Fc1c(Br)ccc2c1CNCC2. The largest absolute Gasteiger partial charge is 0.444 e. The zero-order chi connectivity index (χ0) is 22.8. The monoisotopic (exact) mass is 558 g/mol. The molecule has 31 heavy (non-hydrogen) atoms. The highest BCUT2D eigenvalue weighted by molar-refractivity contribution is 9.10. The van der Waals surface area contributed by atoms with Gasteiger partial charge in [0.2, 0.25) is 0 Å². The van der Waals surface area contributed by atoms with E-state index < -0.39 is 11.7 Å². The van der Waals surface area contributed by atoms with Crippen LogP contribution < -0.4 is 5.32 Å². The van der Waals surface area contributed by atoms with Crippen LogP contribution in [0, 0.1) is 11.6 Å². The first kappa shape index (κ1) is 24.1. The minimum Gasteiger partial charge on any atom is -0.444 e. The Bertz CT molecular complexity index is 977. The van der Waals surface area contributed by atoms with Crippen molar-refractivity contribution >= 4 is 38.0 Å². The molecule has 0 saturated carbocycles. The van der Waals surface area contributed by atoms with Crippen LogP contribution in [0.2, 0.25) is 0 Å². The second-order valence-electron chi connectivity index (χ2n) is 8.58. The number of ether oxygens (including phenoxy) is 1. The maximum absolute atomic E-state index is 14.0. The molecule has 0 saturated heterocycles. The Morgan fingerprint density at radius 3 is 2.19 bits per heavy atom. The Hall–Kier alpha value is -1.51. The van der Waals surface area contributed by atoms with E-state index in [4.69, 9.17) is 4.74 Å². The molecule has 0 aromatic heterocycles. The lowest BCUT2D eigenvalue weighted by Gasteiger charge is -2.31. The predicted octanol–water partition coefficient (Wildman–Crippen LogP) is 6.12. The summed E-state index contributed by atoms with van der Waals surface area (Å²) in [6.45, 7) is 7.88. The molecule has 0 spiro atoms. The van der Waals surface area contributed by atoms with E-state index >= 15 is 0 Å². The summed E-state index contributed by atoms with van der Waals surface area (Å²) in [5.74, 6) is -0.398. The average Bonchev–Trinajstić information content (AvgIpc) is 2.73. The summed E-state index contributed by atoms with van der Waals surface area (Å²) < 4.78 is 33.7. The van der Waals surface area contributed by atoms with E-state index in [2.05, 4.69) is 37.2 Å². The Balaban J connectivity index is 0.000000194. The Morgan fingerprint density at radius 2 is 1.58 bits per heavy atom. The van der Waals surface area contributed by atoms with Crippen LogP contribution >= 0.6 is 31.9 Å². The van der Waals surface area contributed by atoms with E-state index in [1.54, 1.807) is 17.0 Å². The molecule has 1 amide bonds. The molecule has 4 nitrogen and oxygen atoms in total. The first-order valence-electron chi connectivity index (χ1n) is 10.2. The molecule has 0 radical (unpaired) electrons. The van der Waals surface area contributed by atoms with Gasteiger partial charge in [-0.15, -0.1) is 0 Å². The fraction of sp³-hybridized carbons (Fsp3) is 0.435. The summed E-state index contributed by atoms with van der Waals surface area (Å²) in [7, 11) is 0. The molecule has 2 aromatic rings. The second-order valence-corrected chi connectivity index (χ2v) is 10.3. The van der Waals surface area contributed by atoms with Crippen LogP contribution in [-0.2, 0) is 30.7 Å². The number of rotatable bonds is 0. The first-order valence-corrected chi connectivity index (χ1v) is 11.8. The lowest BCUT2D eigenvalue weighted by Crippen LogP contribution is -2.40. The highest BCUT2D eigenvalue weighted by Gasteiger charge is 2.27. The van der Waals surface area contributed by atoms with E-state index in [9.17, 15) is 13.6 Å². The van der Waals surface area contributed by atoms with Crippen LogP contribution in [0.1, 0.15) is 43.0 Å². The smallest absolute Gasteiger partial charge is 0.410 e. The van der Waals surface area contributed by atoms with Crippen molar-refractivity contribution in [2.24, 2.45) is 0 Å². The number of hydrogen-bond acceptors (Lipinski definition) is 3. The summed E-state index contributed by atoms with van der Waals surface area (Å²) in [4.78, 5) is 13.5. The van der Waals surface area contributed by atoms with Crippen LogP contribution in [0.3, 0.4) is 0 Å². The number of hydrogen-bond donors (Lipinski definition) is 1. The van der Waals surface area contributed by atoms with Gasteiger partial charge >= 0.3 is 6.09 Å². The fourth-order valence-electron chi connectivity index (χ4n) is 3.54. The summed E-state index contributed by atoms with van der Waals surface area (Å²) in [5.41, 5.74) is 2.95. The minimum absolute atomic E-state index is 0.111. The second kappa shape index (κ2) is 9.96. The van der Waals surface area contributed by atoms with Crippen molar-refractivity contribution in [1.82, 2.24) is 10.2 Å². The van der Waals surface area contributed by atoms with Crippen molar-refractivity contribution in [3.8, 4) is 0 Å². The molecule has 8 heteroatoms. The van der Waals surface area contributed by atoms with Crippen molar-refractivity contribution in [3.63, 3.8) is 0 Å². The molecule has 0 aliphatic carbocycles. The highest BCUT2D eigenvalue weighted by Crippen LogP contribution is 2.28. The van der Waals surface area contributed by atoms with Gasteiger partial charge in [0.1, 0.15) is 17.2 Å². The van der Waals surface area contributed by atoms with Crippen molar-refractivity contribution in [2.75, 3.05) is 13.1 Å². The number of nitrogens with one attached hydrogen (secondary N) is 1. The lowest BCUT2D eigenvalue weighted by molar-refractivity contribution is 0.0221. The molecule has 0 bridgehead atoms. The lowest BCUT2D eigenvalue weighted by atomic mass is 9.99. The third-order valence-electron chi connectivity index (χ3n) is 5.11. The van der Waals surface area contributed by atoms with Crippen LogP contribution in [0.4, 0.5) is 13.6 Å². The molecule has 168 valence electrons. The number of nitrogens with zero attached hydrogens (tertiary/aromatic N) is 1. The zero-order valence-electron chi connectivity index (χ0n) is 17.8. The number of carbonyl (C=O) groups is 1. The minimum atomic E-state index is -0.535. The van der Waals surface area contributed by atoms with E-state index in [1.807, 2.05) is 32.9 Å². The quantitative estimate of drug-likeness (QED) is 0.423. The van der Waals surface area contributed by atoms with Gasteiger partial charge in [-0.3, -0.25) is 0 Å². The molecule has 2 aliphatic rings. The molecule has 0 fully saturated rings. The fourth-order valence-corrected chi connectivity index (χ4v) is 4.28. The van der Waals surface area contributed by atoms with E-state index in [1.165, 1.54) is 0 Å². The van der Waals surface area contributed by atoms with Gasteiger partial charge in [0.25, 0.3) is 0 Å². The Labute approximate surface area is 198 Å².